The maximum atomic E-state index is 12.8. The standard InChI is InChI=1S/C19H27N3O4S/c1-15(2)14-27(24,25)19-20-10-17(12-21(3)13-18(23)26-4)22(19)11-16-8-6-5-7-9-16/h5-10,15H,11-14H2,1-4H3. The number of ether oxygens (including phenoxy) is 1. The molecule has 27 heavy (non-hydrogen) atoms. The third-order valence-corrected chi connectivity index (χ3v) is 5.96. The third-order valence-electron chi connectivity index (χ3n) is 3.97. The number of methoxy groups -OCH3 is 1. The van der Waals surface area contributed by atoms with Gasteiger partial charge in [-0.2, -0.15) is 0 Å². The normalized spacial score (nSPS) is 11.9. The molecular formula is C19H27N3O4S. The maximum Gasteiger partial charge on any atom is 0.319 e. The SMILES string of the molecule is COC(=O)CN(C)Cc1cnc(S(=O)(=O)CC(C)C)n1Cc1ccccc1. The predicted octanol–water partition coefficient (Wildman–Crippen LogP) is 1.97. The fourth-order valence-electron chi connectivity index (χ4n) is 2.83. The second-order valence-corrected chi connectivity index (χ2v) is 8.96. The molecule has 1 aromatic carbocycles. The minimum atomic E-state index is -3.51. The number of sulfone groups is 1. The Kier molecular flexibility index (Phi) is 7.15. The highest BCUT2D eigenvalue weighted by Gasteiger charge is 2.25. The van der Waals surface area contributed by atoms with E-state index in [9.17, 15) is 13.2 Å². The Morgan fingerprint density at radius 3 is 2.52 bits per heavy atom. The number of hydrogen-bond acceptors (Lipinski definition) is 6. The van der Waals surface area contributed by atoms with Gasteiger partial charge in [-0.15, -0.1) is 0 Å². The summed E-state index contributed by atoms with van der Waals surface area (Å²) in [5, 5.41) is 0.0709. The molecule has 2 rings (SSSR count). The van der Waals surface area contributed by atoms with Crippen LogP contribution >= 0.6 is 0 Å². The molecule has 0 aliphatic rings. The number of rotatable bonds is 9. The van der Waals surface area contributed by atoms with Gasteiger partial charge in [0.05, 0.1) is 37.8 Å². The average Bonchev–Trinajstić information content (AvgIpc) is 2.97. The molecule has 7 nitrogen and oxygen atoms in total. The second kappa shape index (κ2) is 9.14. The number of carbonyl (C=O) groups is 1. The molecule has 0 aliphatic carbocycles. The van der Waals surface area contributed by atoms with Gasteiger partial charge < -0.3 is 9.30 Å². The molecule has 0 saturated carbocycles. The van der Waals surface area contributed by atoms with Gasteiger partial charge >= 0.3 is 5.97 Å². The number of imidazole rings is 1. The van der Waals surface area contributed by atoms with Gasteiger partial charge in [0.15, 0.2) is 0 Å². The first-order chi connectivity index (χ1) is 12.7. The van der Waals surface area contributed by atoms with Gasteiger partial charge in [0, 0.05) is 6.54 Å². The van der Waals surface area contributed by atoms with Crippen LogP contribution in [0.1, 0.15) is 25.1 Å². The maximum absolute atomic E-state index is 12.8. The molecule has 148 valence electrons. The molecule has 0 bridgehead atoms. The zero-order valence-electron chi connectivity index (χ0n) is 16.3. The van der Waals surface area contributed by atoms with Crippen molar-refractivity contribution in [3.8, 4) is 0 Å². The molecule has 0 saturated heterocycles. The fourth-order valence-corrected chi connectivity index (χ4v) is 4.59. The van der Waals surface area contributed by atoms with Crippen LogP contribution in [0.15, 0.2) is 41.7 Å². The third kappa shape index (κ3) is 5.90. The van der Waals surface area contributed by atoms with Gasteiger partial charge in [-0.1, -0.05) is 44.2 Å². The predicted molar refractivity (Wildman–Crippen MR) is 103 cm³/mol. The van der Waals surface area contributed by atoms with Crippen molar-refractivity contribution in [1.82, 2.24) is 14.5 Å². The number of nitrogens with zero attached hydrogens (tertiary/aromatic N) is 3. The van der Waals surface area contributed by atoms with Gasteiger partial charge in [0.1, 0.15) is 0 Å². The monoisotopic (exact) mass is 393 g/mol. The highest BCUT2D eigenvalue weighted by molar-refractivity contribution is 7.91. The summed E-state index contributed by atoms with van der Waals surface area (Å²) in [5.41, 5.74) is 1.71. The van der Waals surface area contributed by atoms with Crippen molar-refractivity contribution in [1.29, 1.82) is 0 Å². The lowest BCUT2D eigenvalue weighted by Gasteiger charge is -2.18. The minimum Gasteiger partial charge on any atom is -0.468 e. The molecule has 0 atom stereocenters. The van der Waals surface area contributed by atoms with E-state index in [-0.39, 0.29) is 29.3 Å². The van der Waals surface area contributed by atoms with Gasteiger partial charge in [-0.25, -0.2) is 13.4 Å². The summed E-state index contributed by atoms with van der Waals surface area (Å²) in [5.74, 6) is -0.308. The molecule has 0 radical (unpaired) electrons. The molecular weight excluding hydrogens is 366 g/mol. The quantitative estimate of drug-likeness (QED) is 0.606. The summed E-state index contributed by atoms with van der Waals surface area (Å²) in [6.07, 6.45) is 1.57. The smallest absolute Gasteiger partial charge is 0.319 e. The first-order valence-electron chi connectivity index (χ1n) is 8.79. The van der Waals surface area contributed by atoms with Crippen molar-refractivity contribution in [2.24, 2.45) is 5.92 Å². The Morgan fingerprint density at radius 2 is 1.93 bits per heavy atom. The largest absolute Gasteiger partial charge is 0.468 e. The number of hydrogen-bond donors (Lipinski definition) is 0. The summed E-state index contributed by atoms with van der Waals surface area (Å²) in [6, 6.07) is 9.63. The molecule has 0 unspecified atom stereocenters. The van der Waals surface area contributed by atoms with Crippen molar-refractivity contribution in [2.45, 2.75) is 32.1 Å². The Bertz CT molecular complexity index is 860. The summed E-state index contributed by atoms with van der Waals surface area (Å²) >= 11 is 0. The summed E-state index contributed by atoms with van der Waals surface area (Å²) in [6.45, 7) is 4.63. The van der Waals surface area contributed by atoms with Crippen molar-refractivity contribution in [3.05, 3.63) is 47.8 Å². The van der Waals surface area contributed by atoms with Gasteiger partial charge in [-0.3, -0.25) is 9.69 Å². The first kappa shape index (κ1) is 21.1. The van der Waals surface area contributed by atoms with Gasteiger partial charge in [0.2, 0.25) is 15.0 Å². The summed E-state index contributed by atoms with van der Waals surface area (Å²) in [4.78, 5) is 17.5. The minimum absolute atomic E-state index is 0.00215. The fraction of sp³-hybridized carbons (Fsp3) is 0.474. The lowest BCUT2D eigenvalue weighted by atomic mass is 10.2. The highest BCUT2D eigenvalue weighted by Crippen LogP contribution is 2.19. The molecule has 0 N–H and O–H groups in total. The van der Waals surface area contributed by atoms with Crippen LogP contribution in [0.3, 0.4) is 0 Å². The Morgan fingerprint density at radius 1 is 1.26 bits per heavy atom. The summed E-state index contributed by atoms with van der Waals surface area (Å²) in [7, 11) is -0.395. The Hall–Kier alpha value is -2.19. The Labute approximate surface area is 160 Å². The molecule has 8 heteroatoms. The topological polar surface area (TPSA) is 81.5 Å². The van der Waals surface area contributed by atoms with E-state index in [1.54, 1.807) is 22.7 Å². The number of esters is 1. The number of aromatic nitrogens is 2. The molecule has 1 heterocycles. The summed E-state index contributed by atoms with van der Waals surface area (Å²) < 4.78 is 32.0. The molecule has 2 aromatic rings. The van der Waals surface area contributed by atoms with E-state index in [2.05, 4.69) is 9.72 Å². The average molecular weight is 394 g/mol. The van der Waals surface area contributed by atoms with Crippen molar-refractivity contribution >= 4 is 15.8 Å². The van der Waals surface area contributed by atoms with E-state index < -0.39 is 9.84 Å². The van der Waals surface area contributed by atoms with Crippen LogP contribution in [0.4, 0.5) is 0 Å². The van der Waals surface area contributed by atoms with Crippen LogP contribution < -0.4 is 0 Å². The zero-order valence-corrected chi connectivity index (χ0v) is 17.1. The second-order valence-electron chi connectivity index (χ2n) is 7.03. The van der Waals surface area contributed by atoms with E-state index in [0.717, 1.165) is 11.3 Å². The van der Waals surface area contributed by atoms with Gasteiger partial charge in [0.25, 0.3) is 0 Å². The number of benzene rings is 1. The van der Waals surface area contributed by atoms with Crippen LogP contribution in [0.2, 0.25) is 0 Å². The molecule has 0 amide bonds. The zero-order chi connectivity index (χ0) is 20.0. The van der Waals surface area contributed by atoms with E-state index in [1.165, 1.54) is 7.11 Å². The lowest BCUT2D eigenvalue weighted by Crippen LogP contribution is -2.28. The highest BCUT2D eigenvalue weighted by atomic mass is 32.2. The molecule has 0 spiro atoms. The van der Waals surface area contributed by atoms with Crippen LogP contribution in [0, 0.1) is 5.92 Å². The molecule has 0 fully saturated rings. The van der Waals surface area contributed by atoms with Gasteiger partial charge in [-0.05, 0) is 18.5 Å². The van der Waals surface area contributed by atoms with Crippen LogP contribution in [-0.2, 0) is 32.5 Å². The number of carbonyl (C=O) groups excluding carboxylic acids is 1. The first-order valence-corrected chi connectivity index (χ1v) is 10.4. The van der Waals surface area contributed by atoms with Crippen LogP contribution in [0.5, 0.6) is 0 Å². The molecule has 1 aromatic heterocycles. The van der Waals surface area contributed by atoms with Crippen molar-refractivity contribution in [2.75, 3.05) is 26.5 Å². The van der Waals surface area contributed by atoms with Crippen LogP contribution in [-0.4, -0.2) is 55.3 Å². The van der Waals surface area contributed by atoms with E-state index in [1.807, 2.05) is 44.2 Å². The van der Waals surface area contributed by atoms with Crippen molar-refractivity contribution < 1.29 is 17.9 Å². The lowest BCUT2D eigenvalue weighted by molar-refractivity contribution is -0.141. The number of likely N-dealkylation sites (N-methyl/N-ethyl adjacent to an activating group) is 1. The molecule has 0 aliphatic heterocycles. The van der Waals surface area contributed by atoms with E-state index in [0.29, 0.717) is 13.1 Å². The van der Waals surface area contributed by atoms with Crippen LogP contribution in [0.25, 0.3) is 0 Å². The Balaban J connectivity index is 2.37. The van der Waals surface area contributed by atoms with E-state index >= 15 is 0 Å². The van der Waals surface area contributed by atoms with E-state index in [4.69, 9.17) is 0 Å². The van der Waals surface area contributed by atoms with Crippen molar-refractivity contribution in [3.63, 3.8) is 0 Å².